The van der Waals surface area contributed by atoms with Crippen LogP contribution in [0.4, 0.5) is 0 Å². The Morgan fingerprint density at radius 1 is 0.697 bits per heavy atom. The molecule has 0 saturated carbocycles. The predicted molar refractivity (Wildman–Crippen MR) is 130 cm³/mol. The lowest BCUT2D eigenvalue weighted by atomic mass is 10.1. The summed E-state index contributed by atoms with van der Waals surface area (Å²) in [5.74, 6) is 15.3. The summed E-state index contributed by atoms with van der Waals surface area (Å²) in [4.78, 5) is 0. The fraction of sp³-hybridized carbons (Fsp3) is 0.214. The molecule has 0 spiro atoms. The predicted octanol–water partition coefficient (Wildman–Crippen LogP) is 2.94. The van der Waals surface area contributed by atoms with Crippen LogP contribution in [-0.4, -0.2) is 13.7 Å². The number of hydrogen-bond donors (Lipinski definition) is 0. The van der Waals surface area contributed by atoms with Gasteiger partial charge in [-0.3, -0.25) is 0 Å². The molecule has 0 aliphatic heterocycles. The molecule has 0 N–H and O–H groups in total. The van der Waals surface area contributed by atoms with E-state index >= 15 is 0 Å². The third-order valence-corrected chi connectivity index (χ3v) is 6.18. The standard InChI is InChI=1S/C28H27N5/c1-6-33-25-11-7-21(9-13-27-29(2)15-16-30(27)3)19-23(25)24-20-22(8-12-26(24)33)10-14-28-31(4)17-18-32(28)5/h7-8,11-12,15-20H,6H2,1-5H3/q+2. The summed E-state index contributed by atoms with van der Waals surface area (Å²) in [7, 11) is 8.06. The van der Waals surface area contributed by atoms with Crippen molar-refractivity contribution in [3.05, 3.63) is 84.0 Å². The fourth-order valence-corrected chi connectivity index (χ4v) is 4.39. The lowest BCUT2D eigenvalue weighted by Crippen LogP contribution is -2.30. The number of fused-ring (bicyclic) bond motifs is 3. The zero-order valence-electron chi connectivity index (χ0n) is 19.7. The molecule has 0 fully saturated rings. The third-order valence-electron chi connectivity index (χ3n) is 6.18. The Morgan fingerprint density at radius 2 is 1.15 bits per heavy atom. The van der Waals surface area contributed by atoms with Crippen LogP contribution in [0.5, 0.6) is 0 Å². The minimum absolute atomic E-state index is 0.911. The quantitative estimate of drug-likeness (QED) is 0.287. The fourth-order valence-electron chi connectivity index (χ4n) is 4.39. The molecule has 3 aromatic heterocycles. The molecule has 0 amide bonds. The van der Waals surface area contributed by atoms with Gasteiger partial charge in [0.1, 0.15) is 24.8 Å². The van der Waals surface area contributed by atoms with Crippen LogP contribution in [0.1, 0.15) is 29.7 Å². The Balaban J connectivity index is 1.63. The molecule has 33 heavy (non-hydrogen) atoms. The van der Waals surface area contributed by atoms with Gasteiger partial charge in [-0.2, -0.15) is 0 Å². The van der Waals surface area contributed by atoms with Crippen molar-refractivity contribution in [1.82, 2.24) is 13.7 Å². The molecular formula is C28H27N5+2. The Bertz CT molecular complexity index is 1490. The number of nitrogens with zero attached hydrogens (tertiary/aromatic N) is 5. The Hall–Kier alpha value is -4.22. The van der Waals surface area contributed by atoms with Gasteiger partial charge in [-0.1, -0.05) is 11.8 Å². The lowest BCUT2D eigenvalue weighted by Gasteiger charge is -2.02. The van der Waals surface area contributed by atoms with Crippen molar-refractivity contribution in [3.8, 4) is 23.7 Å². The molecule has 0 saturated heterocycles. The van der Waals surface area contributed by atoms with Gasteiger partial charge in [0.05, 0.1) is 28.2 Å². The van der Waals surface area contributed by atoms with Crippen LogP contribution in [0, 0.1) is 23.7 Å². The van der Waals surface area contributed by atoms with Crippen LogP contribution < -0.4 is 9.13 Å². The first-order chi connectivity index (χ1) is 16.0. The molecule has 162 valence electrons. The summed E-state index contributed by atoms with van der Waals surface area (Å²) in [6, 6.07) is 13.0. The summed E-state index contributed by atoms with van der Waals surface area (Å²) in [6.07, 6.45) is 8.06. The maximum Gasteiger partial charge on any atom is 0.335 e. The number of rotatable bonds is 1. The third kappa shape index (κ3) is 3.58. The van der Waals surface area contributed by atoms with Crippen LogP contribution in [-0.2, 0) is 34.7 Å². The van der Waals surface area contributed by atoms with E-state index in [0.29, 0.717) is 0 Å². The van der Waals surface area contributed by atoms with Crippen molar-refractivity contribution in [3.63, 3.8) is 0 Å². The Kier molecular flexibility index (Phi) is 5.04. The molecule has 0 atom stereocenters. The van der Waals surface area contributed by atoms with E-state index in [-0.39, 0.29) is 0 Å². The van der Waals surface area contributed by atoms with E-state index in [2.05, 4.69) is 71.6 Å². The first-order valence-corrected chi connectivity index (χ1v) is 11.1. The van der Waals surface area contributed by atoms with Gasteiger partial charge in [0.2, 0.25) is 0 Å². The van der Waals surface area contributed by atoms with E-state index in [1.807, 2.05) is 71.2 Å². The van der Waals surface area contributed by atoms with E-state index < -0.39 is 0 Å². The average molecular weight is 434 g/mol. The van der Waals surface area contributed by atoms with Crippen molar-refractivity contribution in [2.75, 3.05) is 0 Å². The normalized spacial score (nSPS) is 10.8. The van der Waals surface area contributed by atoms with Crippen LogP contribution in [0.25, 0.3) is 21.8 Å². The summed E-state index contributed by atoms with van der Waals surface area (Å²) in [5, 5.41) is 2.42. The number of aromatic nitrogens is 5. The summed E-state index contributed by atoms with van der Waals surface area (Å²) in [6.45, 7) is 3.10. The van der Waals surface area contributed by atoms with E-state index in [9.17, 15) is 0 Å². The van der Waals surface area contributed by atoms with Crippen molar-refractivity contribution < 1.29 is 9.13 Å². The molecule has 3 heterocycles. The monoisotopic (exact) mass is 433 g/mol. The van der Waals surface area contributed by atoms with Crippen LogP contribution in [0.2, 0.25) is 0 Å². The number of imidazole rings is 2. The van der Waals surface area contributed by atoms with Crippen molar-refractivity contribution in [1.29, 1.82) is 0 Å². The highest BCUT2D eigenvalue weighted by molar-refractivity contribution is 6.09. The molecule has 5 aromatic rings. The summed E-state index contributed by atoms with van der Waals surface area (Å²) < 4.78 is 10.5. The first-order valence-electron chi connectivity index (χ1n) is 11.1. The van der Waals surface area contributed by atoms with Gasteiger partial charge in [-0.05, 0) is 43.3 Å². The molecule has 5 heteroatoms. The number of aryl methyl sites for hydroxylation is 5. The molecule has 0 aliphatic rings. The lowest BCUT2D eigenvalue weighted by molar-refractivity contribution is -0.673. The van der Waals surface area contributed by atoms with Gasteiger partial charge in [-0.15, -0.1) is 0 Å². The molecule has 0 bridgehead atoms. The van der Waals surface area contributed by atoms with Gasteiger partial charge < -0.3 is 4.57 Å². The minimum Gasteiger partial charge on any atom is -0.341 e. The van der Waals surface area contributed by atoms with E-state index in [4.69, 9.17) is 0 Å². The highest BCUT2D eigenvalue weighted by atomic mass is 15.1. The second-order valence-corrected chi connectivity index (χ2v) is 8.40. The zero-order chi connectivity index (χ0) is 23.1. The summed E-state index contributed by atoms with van der Waals surface area (Å²) >= 11 is 0. The topological polar surface area (TPSA) is 22.5 Å². The smallest absolute Gasteiger partial charge is 0.335 e. The van der Waals surface area contributed by atoms with Crippen molar-refractivity contribution >= 4 is 21.8 Å². The van der Waals surface area contributed by atoms with Gasteiger partial charge in [0.25, 0.3) is 0 Å². The molecule has 2 aromatic carbocycles. The first kappa shape index (κ1) is 20.7. The van der Waals surface area contributed by atoms with Crippen LogP contribution in [0.15, 0.2) is 61.2 Å². The molecule has 0 unspecified atom stereocenters. The molecule has 0 aliphatic carbocycles. The minimum atomic E-state index is 0.911. The summed E-state index contributed by atoms with van der Waals surface area (Å²) in [5.41, 5.74) is 4.46. The zero-order valence-corrected chi connectivity index (χ0v) is 19.7. The van der Waals surface area contributed by atoms with Gasteiger partial charge in [-0.25, -0.2) is 18.3 Å². The van der Waals surface area contributed by atoms with Crippen LogP contribution in [0.3, 0.4) is 0 Å². The molecule has 5 rings (SSSR count). The highest BCUT2D eigenvalue weighted by Crippen LogP contribution is 2.30. The van der Waals surface area contributed by atoms with E-state index in [1.165, 1.54) is 21.8 Å². The van der Waals surface area contributed by atoms with Crippen molar-refractivity contribution in [2.45, 2.75) is 13.5 Å². The maximum atomic E-state index is 3.35. The van der Waals surface area contributed by atoms with Gasteiger partial charge >= 0.3 is 11.6 Å². The molecular weight excluding hydrogens is 406 g/mol. The average Bonchev–Trinajstić information content (AvgIpc) is 3.43. The SMILES string of the molecule is CCn1c2ccc(C#Cc3n(C)cc[n+]3C)cc2c2cc(C#Cc3n(C)cc[n+]3C)ccc21. The number of benzene rings is 2. The molecule has 0 radical (unpaired) electrons. The maximum absolute atomic E-state index is 3.35. The Morgan fingerprint density at radius 3 is 1.52 bits per heavy atom. The van der Waals surface area contributed by atoms with E-state index in [1.54, 1.807) is 0 Å². The van der Waals surface area contributed by atoms with E-state index in [0.717, 1.165) is 29.3 Å². The van der Waals surface area contributed by atoms with Crippen molar-refractivity contribution in [2.24, 2.45) is 28.2 Å². The van der Waals surface area contributed by atoms with Gasteiger partial charge in [0.15, 0.2) is 0 Å². The largest absolute Gasteiger partial charge is 0.341 e. The Labute approximate surface area is 194 Å². The van der Waals surface area contributed by atoms with Gasteiger partial charge in [0, 0.05) is 51.3 Å². The second-order valence-electron chi connectivity index (χ2n) is 8.40. The highest BCUT2D eigenvalue weighted by Gasteiger charge is 2.12. The number of hydrogen-bond acceptors (Lipinski definition) is 0. The van der Waals surface area contributed by atoms with Crippen LogP contribution >= 0.6 is 0 Å². The molecule has 5 nitrogen and oxygen atoms in total. The second kappa shape index (κ2) is 8.04.